The Balaban J connectivity index is 2.33. The number of nitrogens with zero attached hydrogens (tertiary/aromatic N) is 4. The Labute approximate surface area is 105 Å². The summed E-state index contributed by atoms with van der Waals surface area (Å²) in [6.45, 7) is 5.96. The Kier molecular flexibility index (Phi) is 2.37. The molecule has 0 atom stereocenters. The van der Waals surface area contributed by atoms with Crippen LogP contribution in [0.5, 0.6) is 0 Å². The normalized spacial score (nSPS) is 11.1. The lowest BCUT2D eigenvalue weighted by Crippen LogP contribution is -2.05. The van der Waals surface area contributed by atoms with E-state index in [4.69, 9.17) is 0 Å². The molecule has 0 N–H and O–H groups in total. The highest BCUT2D eigenvalue weighted by molar-refractivity contribution is 5.77. The van der Waals surface area contributed by atoms with Crippen molar-refractivity contribution in [2.75, 3.05) is 0 Å². The van der Waals surface area contributed by atoms with Gasteiger partial charge >= 0.3 is 0 Å². The van der Waals surface area contributed by atoms with E-state index in [9.17, 15) is 0 Å². The van der Waals surface area contributed by atoms with Crippen molar-refractivity contribution in [3.05, 3.63) is 47.7 Å². The van der Waals surface area contributed by atoms with Crippen molar-refractivity contribution >= 4 is 11.0 Å². The van der Waals surface area contributed by atoms with Crippen LogP contribution in [0.2, 0.25) is 0 Å². The van der Waals surface area contributed by atoms with Crippen molar-refractivity contribution in [3.8, 4) is 5.82 Å². The number of benzene rings is 1. The second-order valence-corrected chi connectivity index (χ2v) is 4.41. The molecular weight excluding hydrogens is 224 g/mol. The van der Waals surface area contributed by atoms with Gasteiger partial charge in [0.1, 0.15) is 18.0 Å². The number of fused-ring (bicyclic) bond motifs is 1. The van der Waals surface area contributed by atoms with E-state index in [1.165, 1.54) is 0 Å². The van der Waals surface area contributed by atoms with E-state index in [1.807, 2.05) is 49.9 Å². The number of aromatic nitrogens is 4. The maximum absolute atomic E-state index is 4.54. The van der Waals surface area contributed by atoms with Gasteiger partial charge < -0.3 is 0 Å². The predicted octanol–water partition coefficient (Wildman–Crippen LogP) is 2.74. The number of imidazole rings is 1. The SMILES string of the molecule is Cc1nc(C)c(C)c(-n2cnc3ccccc32)n1. The lowest BCUT2D eigenvalue weighted by molar-refractivity contribution is 0.911. The zero-order valence-corrected chi connectivity index (χ0v) is 10.7. The molecule has 0 spiro atoms. The first-order chi connectivity index (χ1) is 8.66. The Bertz CT molecular complexity index is 728. The van der Waals surface area contributed by atoms with E-state index in [0.717, 1.165) is 33.9 Å². The summed E-state index contributed by atoms with van der Waals surface area (Å²) in [6.07, 6.45) is 1.82. The predicted molar refractivity (Wildman–Crippen MR) is 70.9 cm³/mol. The molecule has 3 aromatic rings. The molecule has 0 saturated carbocycles. The van der Waals surface area contributed by atoms with E-state index in [-0.39, 0.29) is 0 Å². The third kappa shape index (κ3) is 1.57. The van der Waals surface area contributed by atoms with Crippen molar-refractivity contribution in [1.82, 2.24) is 19.5 Å². The van der Waals surface area contributed by atoms with Crippen molar-refractivity contribution < 1.29 is 0 Å². The van der Waals surface area contributed by atoms with E-state index < -0.39 is 0 Å². The fourth-order valence-electron chi connectivity index (χ4n) is 2.11. The van der Waals surface area contributed by atoms with Gasteiger partial charge in [-0.25, -0.2) is 15.0 Å². The highest BCUT2D eigenvalue weighted by Gasteiger charge is 2.10. The summed E-state index contributed by atoms with van der Waals surface area (Å²) in [6, 6.07) is 8.05. The molecule has 0 saturated heterocycles. The van der Waals surface area contributed by atoms with Crippen LogP contribution in [0, 0.1) is 20.8 Å². The average molecular weight is 238 g/mol. The fraction of sp³-hybridized carbons (Fsp3) is 0.214. The van der Waals surface area contributed by atoms with Crippen LogP contribution in [0.1, 0.15) is 17.1 Å². The molecule has 90 valence electrons. The summed E-state index contributed by atoms with van der Waals surface area (Å²) >= 11 is 0. The minimum Gasteiger partial charge on any atom is -0.283 e. The summed E-state index contributed by atoms with van der Waals surface area (Å²) in [5, 5.41) is 0. The third-order valence-corrected chi connectivity index (χ3v) is 3.16. The van der Waals surface area contributed by atoms with E-state index >= 15 is 0 Å². The van der Waals surface area contributed by atoms with Gasteiger partial charge in [0.15, 0.2) is 0 Å². The number of hydrogen-bond donors (Lipinski definition) is 0. The van der Waals surface area contributed by atoms with Gasteiger partial charge in [-0.15, -0.1) is 0 Å². The zero-order chi connectivity index (χ0) is 12.7. The number of rotatable bonds is 1. The van der Waals surface area contributed by atoms with Gasteiger partial charge in [0.05, 0.1) is 11.0 Å². The van der Waals surface area contributed by atoms with E-state index in [1.54, 1.807) is 0 Å². The zero-order valence-electron chi connectivity index (χ0n) is 10.7. The molecular formula is C14H14N4. The van der Waals surface area contributed by atoms with Crippen molar-refractivity contribution in [2.24, 2.45) is 0 Å². The van der Waals surface area contributed by atoms with E-state index in [0.29, 0.717) is 0 Å². The lowest BCUT2D eigenvalue weighted by Gasteiger charge is -2.10. The Morgan fingerprint density at radius 2 is 1.78 bits per heavy atom. The molecule has 4 nitrogen and oxygen atoms in total. The average Bonchev–Trinajstić information content (AvgIpc) is 2.77. The van der Waals surface area contributed by atoms with Gasteiger partial charge in [0.25, 0.3) is 0 Å². The highest BCUT2D eigenvalue weighted by Crippen LogP contribution is 2.20. The molecule has 0 radical (unpaired) electrons. The molecule has 0 aliphatic carbocycles. The molecule has 0 unspecified atom stereocenters. The third-order valence-electron chi connectivity index (χ3n) is 3.16. The molecule has 0 aliphatic heterocycles. The molecule has 4 heteroatoms. The molecule has 0 aliphatic rings. The molecule has 0 fully saturated rings. The smallest absolute Gasteiger partial charge is 0.145 e. The van der Waals surface area contributed by atoms with Crippen LogP contribution in [0.3, 0.4) is 0 Å². The Morgan fingerprint density at radius 3 is 2.61 bits per heavy atom. The number of hydrogen-bond acceptors (Lipinski definition) is 3. The summed E-state index contributed by atoms with van der Waals surface area (Å²) in [7, 11) is 0. The molecule has 0 amide bonds. The molecule has 0 bridgehead atoms. The summed E-state index contributed by atoms with van der Waals surface area (Å²) in [5.74, 6) is 1.69. The minimum atomic E-state index is 0.783. The lowest BCUT2D eigenvalue weighted by atomic mass is 10.2. The second-order valence-electron chi connectivity index (χ2n) is 4.41. The topological polar surface area (TPSA) is 43.6 Å². The first-order valence-corrected chi connectivity index (χ1v) is 5.91. The van der Waals surface area contributed by atoms with Crippen molar-refractivity contribution in [3.63, 3.8) is 0 Å². The quantitative estimate of drug-likeness (QED) is 0.654. The van der Waals surface area contributed by atoms with Crippen molar-refractivity contribution in [1.29, 1.82) is 0 Å². The van der Waals surface area contributed by atoms with Crippen LogP contribution in [0.4, 0.5) is 0 Å². The van der Waals surface area contributed by atoms with Gasteiger partial charge in [0, 0.05) is 11.3 Å². The van der Waals surface area contributed by atoms with Crippen LogP contribution >= 0.6 is 0 Å². The summed E-state index contributed by atoms with van der Waals surface area (Å²) < 4.78 is 2.02. The first kappa shape index (κ1) is 10.9. The van der Waals surface area contributed by atoms with Gasteiger partial charge in [-0.2, -0.15) is 0 Å². The number of para-hydroxylation sites is 2. The standard InChI is InChI=1S/C14H14N4/c1-9-10(2)16-11(3)17-14(9)18-8-15-12-6-4-5-7-13(12)18/h4-8H,1-3H3. The molecule has 1 aromatic carbocycles. The van der Waals surface area contributed by atoms with Crippen LogP contribution in [-0.2, 0) is 0 Å². The Morgan fingerprint density at radius 1 is 1.00 bits per heavy atom. The molecule has 2 heterocycles. The second kappa shape index (κ2) is 3.91. The Hall–Kier alpha value is -2.23. The van der Waals surface area contributed by atoms with Crippen LogP contribution < -0.4 is 0 Å². The maximum Gasteiger partial charge on any atom is 0.145 e. The fourth-order valence-corrected chi connectivity index (χ4v) is 2.11. The molecule has 2 aromatic heterocycles. The van der Waals surface area contributed by atoms with Gasteiger partial charge in [-0.1, -0.05) is 12.1 Å². The highest BCUT2D eigenvalue weighted by atomic mass is 15.1. The first-order valence-electron chi connectivity index (χ1n) is 5.91. The minimum absolute atomic E-state index is 0.783. The van der Waals surface area contributed by atoms with Crippen LogP contribution in [0.25, 0.3) is 16.9 Å². The molecule has 18 heavy (non-hydrogen) atoms. The summed E-state index contributed by atoms with van der Waals surface area (Å²) in [4.78, 5) is 13.3. The van der Waals surface area contributed by atoms with E-state index in [2.05, 4.69) is 21.0 Å². The largest absolute Gasteiger partial charge is 0.283 e. The van der Waals surface area contributed by atoms with Gasteiger partial charge in [-0.05, 0) is 32.9 Å². The number of aryl methyl sites for hydroxylation is 2. The van der Waals surface area contributed by atoms with Crippen molar-refractivity contribution in [2.45, 2.75) is 20.8 Å². The monoisotopic (exact) mass is 238 g/mol. The van der Waals surface area contributed by atoms with Gasteiger partial charge in [0.2, 0.25) is 0 Å². The maximum atomic E-state index is 4.54. The van der Waals surface area contributed by atoms with Gasteiger partial charge in [-0.3, -0.25) is 4.57 Å². The summed E-state index contributed by atoms with van der Waals surface area (Å²) in [5.41, 5.74) is 4.14. The molecule has 3 rings (SSSR count). The van der Waals surface area contributed by atoms with Crippen LogP contribution in [-0.4, -0.2) is 19.5 Å². The van der Waals surface area contributed by atoms with Crippen LogP contribution in [0.15, 0.2) is 30.6 Å².